The van der Waals surface area contributed by atoms with Crippen molar-refractivity contribution in [3.8, 4) is 0 Å². The van der Waals surface area contributed by atoms with E-state index in [1.165, 1.54) is 0 Å². The van der Waals surface area contributed by atoms with Crippen LogP contribution in [-0.2, 0) is 30.4 Å². The number of guanidine groups is 2. The SMILES string of the molecule is NC(=O)CC(NC(=O)C(CCCN=C(N)N)NC(=O)C(CCCN=C(N)N)NC(=O)C(N)Cc1c[nH]c2ccccc12)C(=O)O. The van der Waals surface area contributed by atoms with E-state index in [1.807, 2.05) is 24.3 Å². The number of aliphatic carboxylic acids is 1. The minimum atomic E-state index is -1.63. The number of amides is 4. The van der Waals surface area contributed by atoms with Crippen LogP contribution in [0.3, 0.4) is 0 Å². The van der Waals surface area contributed by atoms with Gasteiger partial charge in [0.2, 0.25) is 23.6 Å². The topological polar surface area (TPSA) is 338 Å². The Morgan fingerprint density at radius 2 is 1.29 bits per heavy atom. The number of nitrogens with one attached hydrogen (secondary N) is 4. The number of fused-ring (bicyclic) bond motifs is 1. The fraction of sp³-hybridized carbons (Fsp3) is 0.444. The molecule has 246 valence electrons. The summed E-state index contributed by atoms with van der Waals surface area (Å²) in [6, 6.07) is 2.38. The molecule has 2 rings (SSSR count). The Bertz CT molecular complexity index is 1400. The smallest absolute Gasteiger partial charge is 0.326 e. The number of para-hydroxylation sites is 1. The predicted octanol–water partition coefficient (Wildman–Crippen LogP) is -3.44. The number of hydrogen-bond acceptors (Lipinski definition) is 8. The summed E-state index contributed by atoms with van der Waals surface area (Å²) in [4.78, 5) is 73.5. The highest BCUT2D eigenvalue weighted by atomic mass is 16.4. The molecular formula is C27H42N12O6. The van der Waals surface area contributed by atoms with Crippen LogP contribution in [0.25, 0.3) is 10.9 Å². The number of aliphatic imine (C=N–C) groups is 2. The van der Waals surface area contributed by atoms with E-state index in [4.69, 9.17) is 34.4 Å². The maximum Gasteiger partial charge on any atom is 0.326 e. The molecule has 1 heterocycles. The third-order valence-corrected chi connectivity index (χ3v) is 6.63. The number of carboxylic acids is 1. The highest BCUT2D eigenvalue weighted by molar-refractivity contribution is 5.95. The molecule has 4 atom stereocenters. The molecule has 2 aromatic rings. The Morgan fingerprint density at radius 1 is 0.778 bits per heavy atom. The number of H-pyrrole nitrogens is 1. The molecule has 45 heavy (non-hydrogen) atoms. The van der Waals surface area contributed by atoms with Gasteiger partial charge in [-0.25, -0.2) is 4.79 Å². The van der Waals surface area contributed by atoms with Crippen LogP contribution in [0.1, 0.15) is 37.7 Å². The van der Waals surface area contributed by atoms with E-state index in [2.05, 4.69) is 30.9 Å². The van der Waals surface area contributed by atoms with Crippen molar-refractivity contribution in [2.45, 2.75) is 62.7 Å². The van der Waals surface area contributed by atoms with E-state index in [0.29, 0.717) is 0 Å². The molecule has 1 aromatic heterocycles. The summed E-state index contributed by atoms with van der Waals surface area (Å²) >= 11 is 0. The van der Waals surface area contributed by atoms with Gasteiger partial charge in [-0.15, -0.1) is 0 Å². The second-order valence-electron chi connectivity index (χ2n) is 10.3. The number of carbonyl (C=O) groups is 5. The van der Waals surface area contributed by atoms with Gasteiger partial charge in [0.1, 0.15) is 18.1 Å². The molecule has 0 radical (unpaired) electrons. The van der Waals surface area contributed by atoms with Gasteiger partial charge >= 0.3 is 5.97 Å². The lowest BCUT2D eigenvalue weighted by Gasteiger charge is -2.25. The molecule has 0 saturated heterocycles. The van der Waals surface area contributed by atoms with Crippen molar-refractivity contribution >= 4 is 52.4 Å². The maximum atomic E-state index is 13.5. The molecule has 0 fully saturated rings. The summed E-state index contributed by atoms with van der Waals surface area (Å²) in [7, 11) is 0. The predicted molar refractivity (Wildman–Crippen MR) is 167 cm³/mol. The van der Waals surface area contributed by atoms with E-state index < -0.39 is 60.2 Å². The Kier molecular flexibility index (Phi) is 14.1. The van der Waals surface area contributed by atoms with Crippen molar-refractivity contribution in [2.24, 2.45) is 44.4 Å². The lowest BCUT2D eigenvalue weighted by Crippen LogP contribution is -2.57. The maximum absolute atomic E-state index is 13.5. The molecular weight excluding hydrogens is 588 g/mol. The van der Waals surface area contributed by atoms with Gasteiger partial charge in [0.15, 0.2) is 11.9 Å². The van der Waals surface area contributed by atoms with Gasteiger partial charge in [0, 0.05) is 30.2 Å². The molecule has 1 aromatic carbocycles. The van der Waals surface area contributed by atoms with Gasteiger partial charge in [0.25, 0.3) is 0 Å². The zero-order valence-electron chi connectivity index (χ0n) is 24.7. The first-order chi connectivity index (χ1) is 21.3. The van der Waals surface area contributed by atoms with Crippen LogP contribution in [0.2, 0.25) is 0 Å². The number of primary amides is 1. The number of nitrogens with two attached hydrogens (primary N) is 6. The lowest BCUT2D eigenvalue weighted by molar-refractivity contribution is -0.143. The van der Waals surface area contributed by atoms with Crippen molar-refractivity contribution in [3.63, 3.8) is 0 Å². The number of aromatic amines is 1. The average molecular weight is 631 g/mol. The second kappa shape index (κ2) is 17.7. The Morgan fingerprint density at radius 3 is 1.80 bits per heavy atom. The summed E-state index contributed by atoms with van der Waals surface area (Å²) in [5.74, 6) is -5.06. The third-order valence-electron chi connectivity index (χ3n) is 6.63. The van der Waals surface area contributed by atoms with Crippen LogP contribution in [0.15, 0.2) is 40.4 Å². The molecule has 0 aliphatic rings. The summed E-state index contributed by atoms with van der Waals surface area (Å²) in [6.45, 7) is 0.256. The molecule has 18 heteroatoms. The van der Waals surface area contributed by atoms with Crippen molar-refractivity contribution in [2.75, 3.05) is 13.1 Å². The minimum absolute atomic E-state index is 0.0218. The highest BCUT2D eigenvalue weighted by Gasteiger charge is 2.31. The van der Waals surface area contributed by atoms with Gasteiger partial charge < -0.3 is 60.4 Å². The van der Waals surface area contributed by atoms with Crippen LogP contribution in [0.5, 0.6) is 0 Å². The third kappa shape index (κ3) is 12.4. The van der Waals surface area contributed by atoms with Gasteiger partial charge in [-0.1, -0.05) is 18.2 Å². The number of carboxylic acid groups (broad SMARTS) is 1. The molecule has 18 nitrogen and oxygen atoms in total. The standard InChI is InChI=1S/C27H42N12O6/c28-16(11-14-13-36-17-6-2-1-5-15(14)17)22(41)37-18(7-3-9-34-26(30)31)23(42)38-19(8-4-10-35-27(32)33)24(43)39-20(25(44)45)12-21(29)40/h1-2,5-6,13,16,18-20,36H,3-4,7-12,28H2,(H2,29,40)(H,37,41)(H,38,42)(H,39,43)(H,44,45)(H4,30,31,34)(H4,32,33,35). The fourth-order valence-corrected chi connectivity index (χ4v) is 4.40. The van der Waals surface area contributed by atoms with Gasteiger partial charge in [-0.3, -0.25) is 29.2 Å². The van der Waals surface area contributed by atoms with Gasteiger partial charge in [-0.05, 0) is 43.7 Å². The van der Waals surface area contributed by atoms with Crippen molar-refractivity contribution in [1.29, 1.82) is 0 Å². The zero-order valence-corrected chi connectivity index (χ0v) is 24.7. The van der Waals surface area contributed by atoms with E-state index in [-0.39, 0.29) is 57.1 Å². The van der Waals surface area contributed by atoms with Crippen LogP contribution in [-0.4, -0.2) is 88.9 Å². The van der Waals surface area contributed by atoms with Gasteiger partial charge in [0.05, 0.1) is 12.5 Å². The van der Waals surface area contributed by atoms with E-state index in [1.54, 1.807) is 6.20 Å². The molecule has 0 spiro atoms. The van der Waals surface area contributed by atoms with E-state index in [9.17, 15) is 29.1 Å². The molecule has 0 saturated carbocycles. The molecule has 0 aliphatic carbocycles. The zero-order chi connectivity index (χ0) is 33.5. The lowest BCUT2D eigenvalue weighted by atomic mass is 10.0. The normalized spacial score (nSPS) is 13.4. The summed E-state index contributed by atoms with van der Waals surface area (Å²) < 4.78 is 0. The molecule has 4 unspecified atom stereocenters. The first-order valence-corrected chi connectivity index (χ1v) is 14.1. The van der Waals surface area contributed by atoms with E-state index >= 15 is 0 Å². The number of aromatic nitrogens is 1. The number of rotatable bonds is 19. The summed E-state index contributed by atoms with van der Waals surface area (Å²) in [5.41, 5.74) is 34.5. The highest BCUT2D eigenvalue weighted by Crippen LogP contribution is 2.19. The van der Waals surface area contributed by atoms with Crippen LogP contribution >= 0.6 is 0 Å². The largest absolute Gasteiger partial charge is 0.480 e. The van der Waals surface area contributed by atoms with E-state index in [0.717, 1.165) is 16.5 Å². The molecule has 0 aliphatic heterocycles. The minimum Gasteiger partial charge on any atom is -0.480 e. The first kappa shape index (κ1) is 35.8. The van der Waals surface area contributed by atoms with Crippen molar-refractivity contribution < 1.29 is 29.1 Å². The number of carbonyl (C=O) groups excluding carboxylic acids is 4. The van der Waals surface area contributed by atoms with Crippen LogP contribution in [0, 0.1) is 0 Å². The Labute approximate surface area is 258 Å². The number of benzene rings is 1. The summed E-state index contributed by atoms with van der Waals surface area (Å²) in [5, 5.41) is 17.7. The average Bonchev–Trinajstić information content (AvgIpc) is 3.37. The Balaban J connectivity index is 2.22. The number of hydrogen-bond donors (Lipinski definition) is 11. The van der Waals surface area contributed by atoms with Crippen LogP contribution in [0.4, 0.5) is 0 Å². The summed E-state index contributed by atoms with van der Waals surface area (Å²) in [6.07, 6.45) is 1.78. The Hall–Kier alpha value is -5.39. The quantitative estimate of drug-likeness (QED) is 0.0412. The number of nitrogens with zero attached hydrogens (tertiary/aromatic N) is 2. The first-order valence-electron chi connectivity index (χ1n) is 14.1. The second-order valence-corrected chi connectivity index (χ2v) is 10.3. The fourth-order valence-electron chi connectivity index (χ4n) is 4.40. The molecule has 0 bridgehead atoms. The van der Waals surface area contributed by atoms with Crippen LogP contribution < -0.4 is 50.4 Å². The van der Waals surface area contributed by atoms with Crippen molar-refractivity contribution in [1.82, 2.24) is 20.9 Å². The van der Waals surface area contributed by atoms with Gasteiger partial charge in [-0.2, -0.15) is 0 Å². The molecule has 17 N–H and O–H groups in total. The molecule has 4 amide bonds. The monoisotopic (exact) mass is 630 g/mol. The van der Waals surface area contributed by atoms with Crippen molar-refractivity contribution in [3.05, 3.63) is 36.0 Å².